The molecule has 0 saturated carbocycles. The number of ether oxygens (including phenoxy) is 1. The minimum Gasteiger partial charge on any atom is -0.478 e. The van der Waals surface area contributed by atoms with Crippen LogP contribution in [-0.4, -0.2) is 79.4 Å². The maximum absolute atomic E-state index is 12.8. The maximum atomic E-state index is 12.8. The number of hydrogen-bond acceptors (Lipinski definition) is 9. The van der Waals surface area contributed by atoms with Crippen molar-refractivity contribution in [3.63, 3.8) is 0 Å². The Kier molecular flexibility index (Phi) is 9.66. The van der Waals surface area contributed by atoms with Crippen LogP contribution in [0.15, 0.2) is 66.7 Å². The molecule has 1 atom stereocenters. The first-order valence-corrected chi connectivity index (χ1v) is 14.7. The van der Waals surface area contributed by atoms with Crippen LogP contribution < -0.4 is 20.4 Å². The number of carboxylic acid groups (broad SMARTS) is 2. The number of carbonyl (C=O) groups excluding carboxylic acids is 1. The Morgan fingerprint density at radius 1 is 0.930 bits per heavy atom. The minimum absolute atomic E-state index is 0.00241. The molecule has 5 rings (SSSR count). The van der Waals surface area contributed by atoms with Gasteiger partial charge in [0, 0.05) is 36.7 Å². The van der Waals surface area contributed by atoms with Crippen molar-refractivity contribution < 1.29 is 42.3 Å². The van der Waals surface area contributed by atoms with Crippen molar-refractivity contribution in [2.45, 2.75) is 19.0 Å². The lowest BCUT2D eigenvalue weighted by atomic mass is 10.1. The van der Waals surface area contributed by atoms with Gasteiger partial charge in [-0.05, 0) is 66.6 Å². The molecule has 5 N–H and O–H groups in total. The van der Waals surface area contributed by atoms with Crippen LogP contribution in [-0.2, 0) is 26.2 Å². The van der Waals surface area contributed by atoms with E-state index in [4.69, 9.17) is 20.7 Å². The second-order valence-electron chi connectivity index (χ2n) is 9.88. The van der Waals surface area contributed by atoms with Gasteiger partial charge in [-0.25, -0.2) is 9.59 Å². The normalized spacial score (nSPS) is 17.0. The number of para-hydroxylation sites is 1. The zero-order valence-corrected chi connectivity index (χ0v) is 24.1. The highest BCUT2D eigenvalue weighted by Gasteiger charge is 2.47. The predicted octanol–water partition coefficient (Wildman–Crippen LogP) is 2.40. The van der Waals surface area contributed by atoms with E-state index in [1.54, 1.807) is 43.3 Å². The van der Waals surface area contributed by atoms with E-state index < -0.39 is 33.5 Å². The van der Waals surface area contributed by atoms with Gasteiger partial charge in [0.05, 0.1) is 24.3 Å². The molecule has 0 spiro atoms. The molecule has 0 radical (unpaired) electrons. The van der Waals surface area contributed by atoms with E-state index in [0.29, 0.717) is 35.7 Å². The average Bonchev–Trinajstić information content (AvgIpc) is 3.35. The van der Waals surface area contributed by atoms with Crippen LogP contribution in [0.3, 0.4) is 0 Å². The second kappa shape index (κ2) is 13.2. The standard InChI is InChI=1S/C20H24N4O5S.C9H8O4/c21-13-15-12-17(22-8-10-29-11-9-22)6-7-18(15)23-14-19(25)24(20(23)30(26,27)28)16-4-2-1-3-5-16;1-5-2-6(8(10)11)4-7(3-5)9(12)13/h1-7,12,20H,8-11,13-14,21H2,(H,26,27,28);2-4H,1H3,(H,10,11)(H,12,13). The Balaban J connectivity index is 0.000000273. The molecule has 43 heavy (non-hydrogen) atoms. The van der Waals surface area contributed by atoms with E-state index in [0.717, 1.165) is 29.7 Å². The van der Waals surface area contributed by atoms with Crippen LogP contribution >= 0.6 is 0 Å². The zero-order chi connectivity index (χ0) is 31.3. The van der Waals surface area contributed by atoms with Crippen LogP contribution in [0, 0.1) is 6.92 Å². The molecule has 2 fully saturated rings. The Morgan fingerprint density at radius 3 is 2.07 bits per heavy atom. The summed E-state index contributed by atoms with van der Waals surface area (Å²) >= 11 is 0. The summed E-state index contributed by atoms with van der Waals surface area (Å²) < 4.78 is 40.0. The highest BCUT2D eigenvalue weighted by Crippen LogP contribution is 2.35. The van der Waals surface area contributed by atoms with Crippen LogP contribution in [0.5, 0.6) is 0 Å². The first kappa shape index (κ1) is 31.4. The van der Waals surface area contributed by atoms with E-state index >= 15 is 0 Å². The number of aryl methyl sites for hydroxylation is 1. The highest BCUT2D eigenvalue weighted by molar-refractivity contribution is 7.86. The molecule has 1 amide bonds. The van der Waals surface area contributed by atoms with E-state index in [2.05, 4.69) is 4.90 Å². The van der Waals surface area contributed by atoms with Gasteiger partial charge in [-0.15, -0.1) is 0 Å². The molecule has 0 aliphatic carbocycles. The van der Waals surface area contributed by atoms with Gasteiger partial charge >= 0.3 is 22.1 Å². The number of hydrogen-bond donors (Lipinski definition) is 4. The minimum atomic E-state index is -4.62. The van der Waals surface area contributed by atoms with Crippen LogP contribution in [0.2, 0.25) is 0 Å². The first-order chi connectivity index (χ1) is 20.4. The van der Waals surface area contributed by atoms with Crippen LogP contribution in [0.25, 0.3) is 0 Å². The number of morpholine rings is 1. The molecule has 2 saturated heterocycles. The Morgan fingerprint density at radius 2 is 1.53 bits per heavy atom. The van der Waals surface area contributed by atoms with Gasteiger partial charge in [0.2, 0.25) is 11.4 Å². The molecule has 3 aromatic rings. The van der Waals surface area contributed by atoms with Crippen molar-refractivity contribution in [2.75, 3.05) is 47.5 Å². The third-order valence-electron chi connectivity index (χ3n) is 6.90. The summed E-state index contributed by atoms with van der Waals surface area (Å²) in [4.78, 5) is 38.5. The number of nitrogens with two attached hydrogens (primary N) is 1. The molecule has 2 aliphatic rings. The van der Waals surface area contributed by atoms with Crippen LogP contribution in [0.4, 0.5) is 17.1 Å². The quantitative estimate of drug-likeness (QED) is 0.285. The van der Waals surface area contributed by atoms with E-state index in [1.165, 1.54) is 17.0 Å². The third-order valence-corrected chi connectivity index (χ3v) is 7.90. The van der Waals surface area contributed by atoms with Gasteiger partial charge in [0.25, 0.3) is 0 Å². The largest absolute Gasteiger partial charge is 0.478 e. The fourth-order valence-corrected chi connectivity index (χ4v) is 6.00. The molecule has 2 aliphatic heterocycles. The van der Waals surface area contributed by atoms with Gasteiger partial charge in [0.15, 0.2) is 0 Å². The lowest BCUT2D eigenvalue weighted by molar-refractivity contribution is -0.116. The molecular weight excluding hydrogens is 580 g/mol. The topological polar surface area (TPSA) is 191 Å². The number of nitrogens with zero attached hydrogens (tertiary/aromatic N) is 3. The Labute approximate surface area is 248 Å². The van der Waals surface area contributed by atoms with Gasteiger partial charge in [0.1, 0.15) is 6.54 Å². The number of aromatic carboxylic acids is 2. The SMILES string of the molecule is Cc1cc(C(=O)O)cc(C(=O)O)c1.NCc1cc(N2CCOCC2)ccc1N1CC(=O)N(c2ccccc2)C1S(=O)(=O)O. The fourth-order valence-electron chi connectivity index (χ4n) is 4.98. The van der Waals surface area contributed by atoms with Gasteiger partial charge in [-0.3, -0.25) is 14.2 Å². The fraction of sp³-hybridized carbons (Fsp3) is 0.276. The van der Waals surface area contributed by atoms with Crippen molar-refractivity contribution >= 4 is 45.0 Å². The molecule has 1 unspecified atom stereocenters. The van der Waals surface area contributed by atoms with Crippen molar-refractivity contribution in [3.8, 4) is 0 Å². The lowest BCUT2D eigenvalue weighted by Crippen LogP contribution is -2.46. The van der Waals surface area contributed by atoms with Crippen molar-refractivity contribution in [2.24, 2.45) is 5.73 Å². The molecule has 3 aromatic carbocycles. The number of benzene rings is 3. The van der Waals surface area contributed by atoms with E-state index in [1.807, 2.05) is 12.1 Å². The smallest absolute Gasteiger partial charge is 0.335 e. The second-order valence-corrected chi connectivity index (χ2v) is 11.3. The number of rotatable bonds is 7. The molecule has 0 aromatic heterocycles. The number of carboxylic acids is 2. The Bertz CT molecular complexity index is 1580. The van der Waals surface area contributed by atoms with Crippen LogP contribution in [0.1, 0.15) is 31.8 Å². The van der Waals surface area contributed by atoms with Crippen molar-refractivity contribution in [1.82, 2.24) is 0 Å². The molecule has 228 valence electrons. The van der Waals surface area contributed by atoms with Gasteiger partial charge in [-0.1, -0.05) is 18.2 Å². The molecular formula is C29H32N4O9S. The zero-order valence-electron chi connectivity index (χ0n) is 23.3. The summed E-state index contributed by atoms with van der Waals surface area (Å²) in [6.07, 6.45) is 0. The summed E-state index contributed by atoms with van der Waals surface area (Å²) in [5.41, 5.74) is 7.57. The molecule has 14 heteroatoms. The Hall–Kier alpha value is -4.50. The maximum Gasteiger partial charge on any atom is 0.335 e. The lowest BCUT2D eigenvalue weighted by Gasteiger charge is -2.32. The van der Waals surface area contributed by atoms with Crippen molar-refractivity contribution in [1.29, 1.82) is 0 Å². The summed E-state index contributed by atoms with van der Waals surface area (Å²) in [6.45, 7) is 4.39. The number of amides is 1. The molecule has 0 bridgehead atoms. The summed E-state index contributed by atoms with van der Waals surface area (Å²) in [7, 11) is -4.62. The summed E-state index contributed by atoms with van der Waals surface area (Å²) in [5, 5.41) is 17.2. The van der Waals surface area contributed by atoms with E-state index in [-0.39, 0.29) is 24.2 Å². The third kappa shape index (κ3) is 7.29. The predicted molar refractivity (Wildman–Crippen MR) is 159 cm³/mol. The van der Waals surface area contributed by atoms with Gasteiger partial charge in [-0.2, -0.15) is 8.42 Å². The molecule has 13 nitrogen and oxygen atoms in total. The number of carbonyl (C=O) groups is 3. The van der Waals surface area contributed by atoms with Crippen molar-refractivity contribution in [3.05, 3.63) is 89.0 Å². The monoisotopic (exact) mass is 612 g/mol. The summed E-state index contributed by atoms with van der Waals surface area (Å²) in [6, 6.07) is 17.9. The highest BCUT2D eigenvalue weighted by atomic mass is 32.2. The average molecular weight is 613 g/mol. The van der Waals surface area contributed by atoms with Gasteiger partial charge < -0.3 is 30.5 Å². The molecule has 2 heterocycles. The number of anilines is 3. The first-order valence-electron chi connectivity index (χ1n) is 13.2. The summed E-state index contributed by atoms with van der Waals surface area (Å²) in [5.74, 6) is -2.67. The van der Waals surface area contributed by atoms with E-state index in [9.17, 15) is 27.4 Å².